The molecule has 0 radical (unpaired) electrons. The predicted octanol–water partition coefficient (Wildman–Crippen LogP) is 1.76. The lowest BCUT2D eigenvalue weighted by atomic mass is 9.90. The molecular weight excluding hydrogens is 204 g/mol. The quantitative estimate of drug-likeness (QED) is 0.760. The molecule has 1 atom stereocenters. The molecule has 1 rings (SSSR count). The van der Waals surface area contributed by atoms with Crippen LogP contribution in [0.25, 0.3) is 0 Å². The lowest BCUT2D eigenvalue weighted by Gasteiger charge is -2.21. The van der Waals surface area contributed by atoms with Crippen LogP contribution in [0.15, 0.2) is 30.3 Å². The van der Waals surface area contributed by atoms with E-state index in [9.17, 15) is 9.90 Å². The third-order valence-electron chi connectivity index (χ3n) is 2.24. The monoisotopic (exact) mass is 218 g/mol. The van der Waals surface area contributed by atoms with E-state index >= 15 is 0 Å². The molecule has 84 valence electrons. The fourth-order valence-corrected chi connectivity index (χ4v) is 1.51. The van der Waals surface area contributed by atoms with Gasteiger partial charge in [-0.2, -0.15) is 0 Å². The second kappa shape index (κ2) is 5.34. The minimum Gasteiger partial charge on any atom is -0.472 e. The van der Waals surface area contributed by atoms with Gasteiger partial charge >= 0.3 is 5.97 Å². The van der Waals surface area contributed by atoms with Gasteiger partial charge in [0.2, 0.25) is 0 Å². The number of carboxylic acid groups (broad SMARTS) is 1. The minimum absolute atomic E-state index is 0.414. The van der Waals surface area contributed by atoms with Gasteiger partial charge in [0.05, 0.1) is 0 Å². The van der Waals surface area contributed by atoms with Crippen LogP contribution in [-0.4, -0.2) is 16.2 Å². The van der Waals surface area contributed by atoms with Crippen molar-refractivity contribution in [1.82, 2.24) is 0 Å². The van der Waals surface area contributed by atoms with Gasteiger partial charge in [0.25, 0.3) is 0 Å². The number of carbonyl (C=O) groups is 1. The fourth-order valence-electron chi connectivity index (χ4n) is 1.51. The van der Waals surface area contributed by atoms with Crippen molar-refractivity contribution in [2.45, 2.75) is 25.4 Å². The van der Waals surface area contributed by atoms with Crippen LogP contribution in [0, 0.1) is 11.8 Å². The van der Waals surface area contributed by atoms with Crippen molar-refractivity contribution < 1.29 is 15.0 Å². The molecule has 0 spiro atoms. The molecule has 0 aliphatic rings. The molecule has 2 N–H and O–H groups in total. The lowest BCUT2D eigenvalue weighted by molar-refractivity contribution is -0.130. The van der Waals surface area contributed by atoms with Gasteiger partial charge in [0.1, 0.15) is 0 Å². The topological polar surface area (TPSA) is 57.5 Å². The molecule has 0 saturated carbocycles. The van der Waals surface area contributed by atoms with Crippen molar-refractivity contribution in [2.24, 2.45) is 0 Å². The smallest absolute Gasteiger partial charge is 0.382 e. The number of aliphatic carboxylic acids is 1. The molecule has 0 fully saturated rings. The lowest BCUT2D eigenvalue weighted by Crippen LogP contribution is -2.23. The maximum Gasteiger partial charge on any atom is 0.382 e. The van der Waals surface area contributed by atoms with Gasteiger partial charge in [0.15, 0.2) is 5.60 Å². The Hall–Kier alpha value is -1.79. The molecule has 0 aliphatic heterocycles. The van der Waals surface area contributed by atoms with Crippen molar-refractivity contribution in [2.75, 3.05) is 0 Å². The summed E-state index contributed by atoms with van der Waals surface area (Å²) in [5, 5.41) is 18.8. The van der Waals surface area contributed by atoms with Crippen LogP contribution >= 0.6 is 0 Å². The summed E-state index contributed by atoms with van der Waals surface area (Å²) in [6.07, 6.45) is 1.14. The Bertz CT molecular complexity index is 414. The first-order valence-electron chi connectivity index (χ1n) is 5.12. The van der Waals surface area contributed by atoms with Crippen LogP contribution in [0.3, 0.4) is 0 Å². The van der Waals surface area contributed by atoms with E-state index in [0.29, 0.717) is 12.0 Å². The molecule has 0 bridgehead atoms. The number of aliphatic hydroxyl groups is 1. The van der Waals surface area contributed by atoms with Gasteiger partial charge in [-0.1, -0.05) is 49.6 Å². The number of hydrogen-bond acceptors (Lipinski definition) is 2. The Kier molecular flexibility index (Phi) is 4.10. The van der Waals surface area contributed by atoms with Gasteiger partial charge < -0.3 is 10.2 Å². The highest BCUT2D eigenvalue weighted by Crippen LogP contribution is 2.25. The van der Waals surface area contributed by atoms with Crippen molar-refractivity contribution in [3.05, 3.63) is 35.9 Å². The number of carboxylic acids is 1. The highest BCUT2D eigenvalue weighted by atomic mass is 16.4. The van der Waals surface area contributed by atoms with Gasteiger partial charge in [-0.25, -0.2) is 4.79 Å². The summed E-state index contributed by atoms with van der Waals surface area (Å²) in [4.78, 5) is 10.4. The summed E-state index contributed by atoms with van der Waals surface area (Å²) in [6.45, 7) is 1.91. The Morgan fingerprint density at radius 1 is 1.38 bits per heavy atom. The number of rotatable bonds is 3. The van der Waals surface area contributed by atoms with E-state index in [1.807, 2.05) is 18.9 Å². The second-order valence-electron chi connectivity index (χ2n) is 3.53. The summed E-state index contributed by atoms with van der Waals surface area (Å²) in [5.74, 6) is 3.17. The second-order valence-corrected chi connectivity index (χ2v) is 3.53. The highest BCUT2D eigenvalue weighted by molar-refractivity contribution is 5.86. The molecule has 1 aromatic carbocycles. The van der Waals surface area contributed by atoms with Crippen molar-refractivity contribution in [3.63, 3.8) is 0 Å². The van der Waals surface area contributed by atoms with E-state index in [2.05, 4.69) is 5.92 Å². The maximum atomic E-state index is 10.4. The van der Waals surface area contributed by atoms with Crippen LogP contribution in [0.5, 0.6) is 0 Å². The molecule has 1 aromatic rings. The third-order valence-corrected chi connectivity index (χ3v) is 2.24. The number of hydrogen-bond donors (Lipinski definition) is 2. The molecule has 0 aliphatic carbocycles. The summed E-state index contributed by atoms with van der Waals surface area (Å²) in [5.41, 5.74) is -0.736. The average molecular weight is 218 g/mol. The molecule has 0 aromatic heterocycles. The maximum absolute atomic E-state index is 10.4. The SMILES string of the molecule is CCCC(O)(C#CC(=O)O)c1ccccc1. The standard InChI is InChI=1S/C13H14O3/c1-2-9-13(16,10-8-12(14)15)11-6-4-3-5-7-11/h3-7,16H,2,9H2,1H3,(H,14,15). The van der Waals surface area contributed by atoms with Crippen LogP contribution in [0.4, 0.5) is 0 Å². The van der Waals surface area contributed by atoms with E-state index in [4.69, 9.17) is 5.11 Å². The van der Waals surface area contributed by atoms with Crippen molar-refractivity contribution in [1.29, 1.82) is 0 Å². The average Bonchev–Trinajstić information content (AvgIpc) is 2.28. The fraction of sp³-hybridized carbons (Fsp3) is 0.308. The molecule has 0 heterocycles. The molecule has 3 nitrogen and oxygen atoms in total. The first-order chi connectivity index (χ1) is 7.58. The minimum atomic E-state index is -1.37. The Morgan fingerprint density at radius 2 is 2.00 bits per heavy atom. The van der Waals surface area contributed by atoms with Crippen molar-refractivity contribution in [3.8, 4) is 11.8 Å². The third kappa shape index (κ3) is 3.11. The van der Waals surface area contributed by atoms with Crippen molar-refractivity contribution >= 4 is 5.97 Å². The van der Waals surface area contributed by atoms with Gasteiger partial charge in [-0.05, 0) is 12.0 Å². The van der Waals surface area contributed by atoms with E-state index in [-0.39, 0.29) is 0 Å². The van der Waals surface area contributed by atoms with Crippen LogP contribution < -0.4 is 0 Å². The Balaban J connectivity index is 3.08. The molecule has 0 saturated heterocycles. The zero-order chi connectivity index (χ0) is 12.0. The molecule has 1 unspecified atom stereocenters. The Morgan fingerprint density at radius 3 is 2.50 bits per heavy atom. The highest BCUT2D eigenvalue weighted by Gasteiger charge is 2.25. The van der Waals surface area contributed by atoms with Gasteiger partial charge in [-0.15, -0.1) is 0 Å². The summed E-state index contributed by atoms with van der Waals surface area (Å²) in [6, 6.07) is 8.90. The zero-order valence-electron chi connectivity index (χ0n) is 9.10. The van der Waals surface area contributed by atoms with E-state index in [1.165, 1.54) is 0 Å². The van der Waals surface area contributed by atoms with Gasteiger partial charge in [-0.3, -0.25) is 0 Å². The largest absolute Gasteiger partial charge is 0.472 e. The molecule has 3 heteroatoms. The van der Waals surface area contributed by atoms with E-state index < -0.39 is 11.6 Å². The first kappa shape index (κ1) is 12.3. The zero-order valence-corrected chi connectivity index (χ0v) is 9.10. The molecular formula is C13H14O3. The number of benzene rings is 1. The molecule has 16 heavy (non-hydrogen) atoms. The van der Waals surface area contributed by atoms with E-state index in [1.54, 1.807) is 24.3 Å². The van der Waals surface area contributed by atoms with Gasteiger partial charge in [0, 0.05) is 5.92 Å². The predicted molar refractivity (Wildman–Crippen MR) is 60.7 cm³/mol. The van der Waals surface area contributed by atoms with Crippen LogP contribution in [-0.2, 0) is 10.4 Å². The van der Waals surface area contributed by atoms with Crippen LogP contribution in [0.2, 0.25) is 0 Å². The normalized spacial score (nSPS) is 13.4. The van der Waals surface area contributed by atoms with Crippen LogP contribution in [0.1, 0.15) is 25.3 Å². The summed E-state index contributed by atoms with van der Waals surface area (Å²) in [7, 11) is 0. The Labute approximate surface area is 94.7 Å². The summed E-state index contributed by atoms with van der Waals surface area (Å²) < 4.78 is 0. The summed E-state index contributed by atoms with van der Waals surface area (Å²) >= 11 is 0. The molecule has 0 amide bonds. The first-order valence-corrected chi connectivity index (χ1v) is 5.12. The van der Waals surface area contributed by atoms with E-state index in [0.717, 1.165) is 6.42 Å².